The summed E-state index contributed by atoms with van der Waals surface area (Å²) in [7, 11) is 0. The number of aryl methyl sites for hydroxylation is 1. The van der Waals surface area contributed by atoms with Crippen LogP contribution < -0.4 is 5.32 Å². The molecular formula is C17H15F2NO3. The van der Waals surface area contributed by atoms with Crippen LogP contribution in [-0.4, -0.2) is 18.5 Å². The first-order chi connectivity index (χ1) is 11.0. The number of hydrogen-bond donors (Lipinski definition) is 1. The summed E-state index contributed by atoms with van der Waals surface area (Å²) in [5.41, 5.74) is 1.35. The van der Waals surface area contributed by atoms with Gasteiger partial charge in [0.05, 0.1) is 5.56 Å². The van der Waals surface area contributed by atoms with E-state index in [0.29, 0.717) is 11.8 Å². The fraction of sp³-hybridized carbons (Fsp3) is 0.176. The number of nitrogens with one attached hydrogen (secondary N) is 1. The summed E-state index contributed by atoms with van der Waals surface area (Å²) in [5, 5.41) is 2.58. The predicted octanol–water partition coefficient (Wildman–Crippen LogP) is 3.32. The quantitative estimate of drug-likeness (QED) is 0.860. The fourth-order valence-corrected chi connectivity index (χ4v) is 1.95. The lowest BCUT2D eigenvalue weighted by molar-refractivity contribution is -0.119. The highest BCUT2D eigenvalue weighted by Crippen LogP contribution is 2.12. The first-order valence-corrected chi connectivity index (χ1v) is 7.00. The molecule has 4 nitrogen and oxygen atoms in total. The van der Waals surface area contributed by atoms with E-state index in [1.165, 1.54) is 0 Å². The average molecular weight is 319 g/mol. The Balaban J connectivity index is 1.92. The topological polar surface area (TPSA) is 55.4 Å². The molecule has 0 atom stereocenters. The maximum absolute atomic E-state index is 13.0. The second-order valence-electron chi connectivity index (χ2n) is 4.84. The number of ether oxygens (including phenoxy) is 1. The lowest BCUT2D eigenvalue weighted by Crippen LogP contribution is -2.21. The van der Waals surface area contributed by atoms with Crippen molar-refractivity contribution in [1.29, 1.82) is 0 Å². The molecule has 1 amide bonds. The molecule has 0 spiro atoms. The van der Waals surface area contributed by atoms with E-state index in [1.807, 2.05) is 19.1 Å². The number of carbonyl (C=O) groups is 2. The summed E-state index contributed by atoms with van der Waals surface area (Å²) < 4.78 is 30.8. The van der Waals surface area contributed by atoms with Crippen LogP contribution in [0.25, 0.3) is 0 Å². The molecule has 0 fully saturated rings. The highest BCUT2D eigenvalue weighted by molar-refractivity contribution is 5.95. The van der Waals surface area contributed by atoms with E-state index >= 15 is 0 Å². The molecule has 0 unspecified atom stereocenters. The van der Waals surface area contributed by atoms with Crippen molar-refractivity contribution in [2.24, 2.45) is 0 Å². The van der Waals surface area contributed by atoms with Gasteiger partial charge in [-0.2, -0.15) is 0 Å². The molecule has 0 bridgehead atoms. The number of amides is 1. The van der Waals surface area contributed by atoms with Crippen molar-refractivity contribution in [3.8, 4) is 0 Å². The van der Waals surface area contributed by atoms with Crippen molar-refractivity contribution >= 4 is 17.6 Å². The van der Waals surface area contributed by atoms with Crippen LogP contribution in [-0.2, 0) is 16.0 Å². The summed E-state index contributed by atoms with van der Waals surface area (Å²) in [6.45, 7) is 1.44. The van der Waals surface area contributed by atoms with Crippen LogP contribution >= 0.6 is 0 Å². The van der Waals surface area contributed by atoms with Gasteiger partial charge < -0.3 is 10.1 Å². The fourth-order valence-electron chi connectivity index (χ4n) is 1.95. The largest absolute Gasteiger partial charge is 0.452 e. The standard InChI is InChI=1S/C17H15F2NO3/c1-2-11-4-3-5-15(6-11)20-16(21)10-23-17(22)12-7-13(18)9-14(19)8-12/h3-9H,2,10H2,1H3,(H,20,21). The van der Waals surface area contributed by atoms with Crippen LogP contribution in [0.3, 0.4) is 0 Å². The van der Waals surface area contributed by atoms with Crippen molar-refractivity contribution in [1.82, 2.24) is 0 Å². The van der Waals surface area contributed by atoms with E-state index < -0.39 is 30.1 Å². The molecule has 0 aliphatic carbocycles. The highest BCUT2D eigenvalue weighted by Gasteiger charge is 2.13. The van der Waals surface area contributed by atoms with Gasteiger partial charge in [-0.1, -0.05) is 19.1 Å². The Morgan fingerprint density at radius 1 is 1.09 bits per heavy atom. The van der Waals surface area contributed by atoms with E-state index in [9.17, 15) is 18.4 Å². The minimum Gasteiger partial charge on any atom is -0.452 e. The Bertz CT molecular complexity index is 711. The third-order valence-corrected chi connectivity index (χ3v) is 3.05. The van der Waals surface area contributed by atoms with Crippen LogP contribution in [0.2, 0.25) is 0 Å². The van der Waals surface area contributed by atoms with Gasteiger partial charge in [0.2, 0.25) is 0 Å². The molecule has 0 saturated carbocycles. The molecule has 0 saturated heterocycles. The number of esters is 1. The van der Waals surface area contributed by atoms with Crippen molar-refractivity contribution in [2.45, 2.75) is 13.3 Å². The molecular weight excluding hydrogens is 304 g/mol. The van der Waals surface area contributed by atoms with Crippen LogP contribution in [0.1, 0.15) is 22.8 Å². The lowest BCUT2D eigenvalue weighted by Gasteiger charge is -2.08. The molecule has 120 valence electrons. The van der Waals surface area contributed by atoms with Crippen molar-refractivity contribution in [3.63, 3.8) is 0 Å². The highest BCUT2D eigenvalue weighted by atomic mass is 19.1. The number of benzene rings is 2. The maximum atomic E-state index is 13.0. The molecule has 1 N–H and O–H groups in total. The van der Waals surface area contributed by atoms with E-state index in [-0.39, 0.29) is 5.56 Å². The van der Waals surface area contributed by atoms with E-state index in [1.54, 1.807) is 12.1 Å². The lowest BCUT2D eigenvalue weighted by atomic mass is 10.1. The number of carbonyl (C=O) groups excluding carboxylic acids is 2. The first kappa shape index (κ1) is 16.6. The Morgan fingerprint density at radius 3 is 2.43 bits per heavy atom. The number of halogens is 2. The van der Waals surface area contributed by atoms with Crippen LogP contribution in [0.4, 0.5) is 14.5 Å². The van der Waals surface area contributed by atoms with Gasteiger partial charge in [-0.3, -0.25) is 4.79 Å². The monoisotopic (exact) mass is 319 g/mol. The summed E-state index contributed by atoms with van der Waals surface area (Å²) in [4.78, 5) is 23.4. The van der Waals surface area contributed by atoms with Gasteiger partial charge in [0, 0.05) is 11.8 Å². The van der Waals surface area contributed by atoms with Gasteiger partial charge in [0.1, 0.15) is 11.6 Å². The zero-order valence-corrected chi connectivity index (χ0v) is 12.4. The summed E-state index contributed by atoms with van der Waals surface area (Å²) in [6.07, 6.45) is 0.823. The molecule has 0 aromatic heterocycles. The van der Waals surface area contributed by atoms with Gasteiger partial charge in [-0.25, -0.2) is 13.6 Å². The number of hydrogen-bond acceptors (Lipinski definition) is 3. The van der Waals surface area contributed by atoms with Crippen molar-refractivity contribution in [3.05, 3.63) is 65.2 Å². The van der Waals surface area contributed by atoms with E-state index in [0.717, 1.165) is 24.1 Å². The molecule has 0 heterocycles. The molecule has 2 aromatic rings. The molecule has 0 radical (unpaired) electrons. The van der Waals surface area contributed by atoms with Gasteiger partial charge in [0.15, 0.2) is 6.61 Å². The molecule has 2 aromatic carbocycles. The van der Waals surface area contributed by atoms with E-state index in [4.69, 9.17) is 4.74 Å². The Labute approximate surface area is 132 Å². The van der Waals surface area contributed by atoms with Crippen molar-refractivity contribution < 1.29 is 23.1 Å². The van der Waals surface area contributed by atoms with Gasteiger partial charge in [0.25, 0.3) is 5.91 Å². The third kappa shape index (κ3) is 4.88. The normalized spacial score (nSPS) is 10.2. The van der Waals surface area contributed by atoms with Gasteiger partial charge >= 0.3 is 5.97 Å². The SMILES string of the molecule is CCc1cccc(NC(=O)COC(=O)c2cc(F)cc(F)c2)c1. The number of anilines is 1. The maximum Gasteiger partial charge on any atom is 0.338 e. The van der Waals surface area contributed by atoms with Crippen molar-refractivity contribution in [2.75, 3.05) is 11.9 Å². The smallest absolute Gasteiger partial charge is 0.338 e. The van der Waals surface area contributed by atoms with E-state index in [2.05, 4.69) is 5.32 Å². The van der Waals surface area contributed by atoms with Crippen LogP contribution in [0.5, 0.6) is 0 Å². The second kappa shape index (κ2) is 7.49. The number of rotatable bonds is 5. The van der Waals surface area contributed by atoms with Gasteiger partial charge in [-0.15, -0.1) is 0 Å². The van der Waals surface area contributed by atoms with Crippen LogP contribution in [0, 0.1) is 11.6 Å². The van der Waals surface area contributed by atoms with Crippen LogP contribution in [0.15, 0.2) is 42.5 Å². The molecule has 23 heavy (non-hydrogen) atoms. The Morgan fingerprint density at radius 2 is 1.78 bits per heavy atom. The summed E-state index contributed by atoms with van der Waals surface area (Å²) in [6, 6.07) is 9.57. The summed E-state index contributed by atoms with van der Waals surface area (Å²) in [5.74, 6) is -3.29. The first-order valence-electron chi connectivity index (χ1n) is 7.00. The molecule has 0 aliphatic heterocycles. The second-order valence-corrected chi connectivity index (χ2v) is 4.84. The average Bonchev–Trinajstić information content (AvgIpc) is 2.51. The zero-order valence-electron chi connectivity index (χ0n) is 12.4. The molecule has 2 rings (SSSR count). The molecule has 0 aliphatic rings. The predicted molar refractivity (Wildman–Crippen MR) is 81.1 cm³/mol. The minimum absolute atomic E-state index is 0.289. The van der Waals surface area contributed by atoms with Gasteiger partial charge in [-0.05, 0) is 36.2 Å². The molecule has 6 heteroatoms. The minimum atomic E-state index is -0.971. The Kier molecular flexibility index (Phi) is 5.41. The Hall–Kier alpha value is -2.76. The summed E-state index contributed by atoms with van der Waals surface area (Å²) >= 11 is 0. The third-order valence-electron chi connectivity index (χ3n) is 3.05. The zero-order chi connectivity index (χ0) is 16.8.